The molecule has 0 aliphatic heterocycles. The fraction of sp³-hybridized carbons (Fsp3) is 0. The molecule has 0 bridgehead atoms. The fourth-order valence-electron chi connectivity index (χ4n) is 8.62. The van der Waals surface area contributed by atoms with E-state index in [0.29, 0.717) is 0 Å². The molecule has 61 heavy (non-hydrogen) atoms. The van der Waals surface area contributed by atoms with Gasteiger partial charge in [0.05, 0.1) is 5.69 Å². The van der Waals surface area contributed by atoms with E-state index in [1.807, 2.05) is 0 Å². The van der Waals surface area contributed by atoms with Crippen LogP contribution in [-0.2, 0) is 0 Å². The van der Waals surface area contributed by atoms with Crippen LogP contribution in [-0.4, -0.2) is 0 Å². The SMILES string of the molecule is c1ccc(-c2ccc(-c3ccc(N(c4ccccc4)c4cc(N(c5ccccc5)c5ccc(-c6ccccc6)cc5)c5oc6c7ccccc7ccc6c5c4)cc3)cc2)cc1. The molecule has 288 valence electrons. The maximum Gasteiger partial charge on any atom is 0.159 e. The highest BCUT2D eigenvalue weighted by atomic mass is 16.3. The van der Waals surface area contributed by atoms with Gasteiger partial charge >= 0.3 is 0 Å². The third kappa shape index (κ3) is 6.78. The van der Waals surface area contributed by atoms with Crippen LogP contribution in [0.25, 0.3) is 66.1 Å². The zero-order chi connectivity index (χ0) is 40.5. The Balaban J connectivity index is 1.10. The van der Waals surface area contributed by atoms with Gasteiger partial charge in [-0.25, -0.2) is 0 Å². The number of fused-ring (bicyclic) bond motifs is 5. The Morgan fingerprint density at radius 1 is 0.246 bits per heavy atom. The first-order valence-electron chi connectivity index (χ1n) is 20.7. The summed E-state index contributed by atoms with van der Waals surface area (Å²) in [4.78, 5) is 4.68. The summed E-state index contributed by atoms with van der Waals surface area (Å²) in [6.07, 6.45) is 0. The van der Waals surface area contributed by atoms with Crippen LogP contribution in [0.15, 0.2) is 247 Å². The van der Waals surface area contributed by atoms with E-state index in [1.54, 1.807) is 0 Å². The average Bonchev–Trinajstić information content (AvgIpc) is 3.73. The summed E-state index contributed by atoms with van der Waals surface area (Å²) in [6.45, 7) is 0. The van der Waals surface area contributed by atoms with Gasteiger partial charge in [0, 0.05) is 44.6 Å². The molecular formula is C58H40N2O. The standard InChI is InChI=1S/C58H40N2O/c1-5-15-41(16-6-1)43-25-27-44(28-26-43)46-29-34-50(35-30-46)59(48-20-9-3-10-21-48)52-39-55-54-38-33-47-19-13-14-24-53(47)57(54)61-58(55)56(40-52)60(49-22-11-4-12-23-49)51-36-31-45(32-37-51)42-17-7-2-8-18-42/h1-40H. The van der Waals surface area contributed by atoms with Gasteiger partial charge in [0.1, 0.15) is 5.58 Å². The molecule has 3 heteroatoms. The lowest BCUT2D eigenvalue weighted by atomic mass is 10.00. The van der Waals surface area contributed by atoms with Gasteiger partial charge in [0.2, 0.25) is 0 Å². The Labute approximate surface area is 355 Å². The molecule has 10 aromatic carbocycles. The largest absolute Gasteiger partial charge is 0.453 e. The molecule has 0 aliphatic carbocycles. The van der Waals surface area contributed by atoms with Crippen LogP contribution in [0, 0.1) is 0 Å². The smallest absolute Gasteiger partial charge is 0.159 e. The van der Waals surface area contributed by atoms with Gasteiger partial charge in [-0.1, -0.05) is 176 Å². The molecule has 1 heterocycles. The molecule has 0 spiro atoms. The van der Waals surface area contributed by atoms with Gasteiger partial charge < -0.3 is 14.2 Å². The molecule has 1 aromatic heterocycles. The predicted molar refractivity (Wildman–Crippen MR) is 257 cm³/mol. The number of anilines is 6. The number of furan rings is 1. The summed E-state index contributed by atoms with van der Waals surface area (Å²) < 4.78 is 7.10. The second-order valence-corrected chi connectivity index (χ2v) is 15.4. The van der Waals surface area contributed by atoms with Crippen LogP contribution in [0.3, 0.4) is 0 Å². The van der Waals surface area contributed by atoms with Crippen molar-refractivity contribution >= 4 is 66.8 Å². The lowest BCUT2D eigenvalue weighted by Crippen LogP contribution is -2.13. The second kappa shape index (κ2) is 15.6. The van der Waals surface area contributed by atoms with Crippen molar-refractivity contribution in [2.24, 2.45) is 0 Å². The molecule has 3 nitrogen and oxygen atoms in total. The number of benzene rings is 10. The first-order valence-corrected chi connectivity index (χ1v) is 20.7. The molecule has 0 saturated heterocycles. The highest BCUT2D eigenvalue weighted by Crippen LogP contribution is 2.48. The quantitative estimate of drug-likeness (QED) is 0.145. The number of para-hydroxylation sites is 2. The van der Waals surface area contributed by atoms with Crippen molar-refractivity contribution < 1.29 is 4.42 Å². The van der Waals surface area contributed by atoms with Gasteiger partial charge in [-0.3, -0.25) is 0 Å². The van der Waals surface area contributed by atoms with Crippen LogP contribution >= 0.6 is 0 Å². The summed E-state index contributed by atoms with van der Waals surface area (Å²) in [5.41, 5.74) is 15.0. The first-order chi connectivity index (χ1) is 30.2. The predicted octanol–water partition coefficient (Wildman–Crippen LogP) is 16.7. The molecule has 11 rings (SSSR count). The molecule has 0 fully saturated rings. The minimum absolute atomic E-state index is 0.827. The Hall–Kier alpha value is -8.14. The molecule has 0 amide bonds. The van der Waals surface area contributed by atoms with Gasteiger partial charge in [0.25, 0.3) is 0 Å². The Morgan fingerprint density at radius 3 is 1.20 bits per heavy atom. The number of hydrogen-bond acceptors (Lipinski definition) is 3. The van der Waals surface area contributed by atoms with Gasteiger partial charge in [0.15, 0.2) is 5.58 Å². The van der Waals surface area contributed by atoms with Crippen molar-refractivity contribution in [2.75, 3.05) is 9.80 Å². The van der Waals surface area contributed by atoms with Crippen molar-refractivity contribution in [2.45, 2.75) is 0 Å². The van der Waals surface area contributed by atoms with Gasteiger partial charge in [-0.05, 0) is 105 Å². The normalized spacial score (nSPS) is 11.3. The van der Waals surface area contributed by atoms with Crippen LogP contribution in [0.4, 0.5) is 34.1 Å². The van der Waals surface area contributed by atoms with Crippen molar-refractivity contribution in [1.29, 1.82) is 0 Å². The van der Waals surface area contributed by atoms with E-state index < -0.39 is 0 Å². The van der Waals surface area contributed by atoms with Gasteiger partial charge in [-0.15, -0.1) is 0 Å². The maximum absolute atomic E-state index is 7.10. The molecule has 0 aliphatic rings. The average molecular weight is 781 g/mol. The lowest BCUT2D eigenvalue weighted by Gasteiger charge is -2.29. The fourth-order valence-corrected chi connectivity index (χ4v) is 8.62. The van der Waals surface area contributed by atoms with E-state index in [2.05, 4.69) is 252 Å². The van der Waals surface area contributed by atoms with Gasteiger partial charge in [-0.2, -0.15) is 0 Å². The molecule has 0 N–H and O–H groups in total. The van der Waals surface area contributed by atoms with E-state index in [4.69, 9.17) is 4.42 Å². The van der Waals surface area contributed by atoms with Crippen molar-refractivity contribution in [1.82, 2.24) is 0 Å². The first kappa shape index (κ1) is 36.0. The van der Waals surface area contributed by atoms with Crippen LogP contribution in [0.2, 0.25) is 0 Å². The van der Waals surface area contributed by atoms with E-state index >= 15 is 0 Å². The summed E-state index contributed by atoms with van der Waals surface area (Å²) in [5, 5.41) is 4.36. The van der Waals surface area contributed by atoms with E-state index in [-0.39, 0.29) is 0 Å². The highest BCUT2D eigenvalue weighted by molar-refractivity contribution is 6.18. The zero-order valence-corrected chi connectivity index (χ0v) is 33.4. The second-order valence-electron chi connectivity index (χ2n) is 15.4. The maximum atomic E-state index is 7.10. The van der Waals surface area contributed by atoms with Crippen LogP contribution in [0.1, 0.15) is 0 Å². The third-order valence-electron chi connectivity index (χ3n) is 11.6. The molecule has 0 saturated carbocycles. The van der Waals surface area contributed by atoms with Crippen molar-refractivity contribution in [3.63, 3.8) is 0 Å². The highest BCUT2D eigenvalue weighted by Gasteiger charge is 2.24. The van der Waals surface area contributed by atoms with Crippen LogP contribution in [0.5, 0.6) is 0 Å². The molecule has 0 unspecified atom stereocenters. The van der Waals surface area contributed by atoms with Crippen molar-refractivity contribution in [3.05, 3.63) is 243 Å². The monoisotopic (exact) mass is 780 g/mol. The number of nitrogens with zero attached hydrogens (tertiary/aromatic N) is 2. The third-order valence-corrected chi connectivity index (χ3v) is 11.6. The van der Waals surface area contributed by atoms with E-state index in [9.17, 15) is 0 Å². The Morgan fingerprint density at radius 2 is 0.656 bits per heavy atom. The topological polar surface area (TPSA) is 19.6 Å². The summed E-state index contributed by atoms with van der Waals surface area (Å²) in [6, 6.07) is 86.4. The summed E-state index contributed by atoms with van der Waals surface area (Å²) in [5.74, 6) is 0. The van der Waals surface area contributed by atoms with E-state index in [1.165, 1.54) is 22.3 Å². The summed E-state index contributed by atoms with van der Waals surface area (Å²) in [7, 11) is 0. The van der Waals surface area contributed by atoms with Crippen molar-refractivity contribution in [3.8, 4) is 33.4 Å². The zero-order valence-electron chi connectivity index (χ0n) is 33.4. The minimum Gasteiger partial charge on any atom is -0.453 e. The molecule has 0 radical (unpaired) electrons. The molecule has 11 aromatic rings. The minimum atomic E-state index is 0.827. The van der Waals surface area contributed by atoms with Crippen LogP contribution < -0.4 is 9.80 Å². The number of rotatable bonds is 9. The molecular weight excluding hydrogens is 741 g/mol. The lowest BCUT2D eigenvalue weighted by molar-refractivity contribution is 0.673. The Kier molecular flexibility index (Phi) is 9.18. The number of hydrogen-bond donors (Lipinski definition) is 0. The van der Waals surface area contributed by atoms with E-state index in [0.717, 1.165) is 78.0 Å². The molecule has 0 atom stereocenters. The summed E-state index contributed by atoms with van der Waals surface area (Å²) >= 11 is 0. The Bertz CT molecular complexity index is 3250.